The Morgan fingerprint density at radius 1 is 1.25 bits per heavy atom. The zero-order chi connectivity index (χ0) is 9.19. The Labute approximate surface area is 80.3 Å². The number of methoxy groups -OCH3 is 1. The molecule has 0 spiro atoms. The molecule has 1 aromatic rings. The van der Waals surface area contributed by atoms with E-state index in [0.717, 1.165) is 5.75 Å². The second-order valence-corrected chi connectivity index (χ2v) is 7.53. The van der Waals surface area contributed by atoms with Gasteiger partial charge in [0.2, 0.25) is 0 Å². The largest absolute Gasteiger partial charge is 0.497 e. The predicted molar refractivity (Wildman–Crippen MR) is 63.8 cm³/mol. The summed E-state index contributed by atoms with van der Waals surface area (Å²) >= 11 is 0. The van der Waals surface area contributed by atoms with Crippen molar-refractivity contribution in [1.82, 2.24) is 0 Å². The monoisotopic (exact) mass is 218 g/mol. The van der Waals surface area contributed by atoms with Gasteiger partial charge in [-0.3, -0.25) is 0 Å². The van der Waals surface area contributed by atoms with Crippen molar-refractivity contribution >= 4 is 27.7 Å². The smallest absolute Gasteiger partial charge is 0.119 e. The van der Waals surface area contributed by atoms with Crippen molar-refractivity contribution in [2.24, 2.45) is 0 Å². The molecule has 3 atom stereocenters. The Hall–Kier alpha value is 0.310. The van der Waals surface area contributed by atoms with Gasteiger partial charge in [0.05, 0.1) is 7.11 Å². The van der Waals surface area contributed by atoms with E-state index < -0.39 is 0 Å². The lowest BCUT2D eigenvalue weighted by Gasteiger charge is -2.18. The van der Waals surface area contributed by atoms with Gasteiger partial charge in [0.15, 0.2) is 0 Å². The van der Waals surface area contributed by atoms with Crippen LogP contribution in [0.2, 0.25) is 0 Å². The SMILES string of the molecule is COc1cccc(C(P)(P)P)c1. The van der Waals surface area contributed by atoms with Crippen LogP contribution in [0.25, 0.3) is 0 Å². The Morgan fingerprint density at radius 2 is 1.92 bits per heavy atom. The number of hydrogen-bond donors (Lipinski definition) is 0. The maximum Gasteiger partial charge on any atom is 0.119 e. The Bertz CT molecular complexity index is 267. The molecule has 3 unspecified atom stereocenters. The van der Waals surface area contributed by atoms with Gasteiger partial charge in [-0.1, -0.05) is 12.1 Å². The molecule has 66 valence electrons. The van der Waals surface area contributed by atoms with E-state index >= 15 is 0 Å². The van der Waals surface area contributed by atoms with E-state index in [2.05, 4.69) is 33.8 Å². The molecule has 0 saturated carbocycles. The van der Waals surface area contributed by atoms with Gasteiger partial charge >= 0.3 is 0 Å². The van der Waals surface area contributed by atoms with Crippen molar-refractivity contribution in [1.29, 1.82) is 0 Å². The summed E-state index contributed by atoms with van der Waals surface area (Å²) in [5.41, 5.74) is 1.20. The van der Waals surface area contributed by atoms with Crippen LogP contribution in [0.1, 0.15) is 5.56 Å². The zero-order valence-electron chi connectivity index (χ0n) is 6.95. The second kappa shape index (κ2) is 4.01. The molecular weight excluding hydrogens is 205 g/mol. The molecule has 0 aliphatic carbocycles. The van der Waals surface area contributed by atoms with Gasteiger partial charge in [-0.25, -0.2) is 0 Å². The van der Waals surface area contributed by atoms with Crippen molar-refractivity contribution in [3.05, 3.63) is 29.8 Å². The molecule has 1 aromatic carbocycles. The molecule has 0 bridgehead atoms. The third-order valence-corrected chi connectivity index (χ3v) is 2.57. The molecule has 1 rings (SSSR count). The Morgan fingerprint density at radius 3 is 2.42 bits per heavy atom. The van der Waals surface area contributed by atoms with Crippen LogP contribution in [0.4, 0.5) is 0 Å². The molecule has 0 aliphatic heterocycles. The van der Waals surface area contributed by atoms with Crippen LogP contribution in [0.5, 0.6) is 5.75 Å². The maximum atomic E-state index is 5.12. The fourth-order valence-corrected chi connectivity index (χ4v) is 1.43. The standard InChI is InChI=1S/C8H13OP3/c1-9-7-4-2-3-6(5-7)8(10,11)12/h2-5H,10-12H2,1H3. The zero-order valence-corrected chi connectivity index (χ0v) is 10.4. The highest BCUT2D eigenvalue weighted by atomic mass is 31.1. The molecule has 0 radical (unpaired) electrons. The maximum absolute atomic E-state index is 5.12. The lowest BCUT2D eigenvalue weighted by atomic mass is 10.2. The summed E-state index contributed by atoms with van der Waals surface area (Å²) < 4.78 is 5.08. The van der Waals surface area contributed by atoms with Gasteiger partial charge in [0, 0.05) is 4.64 Å². The predicted octanol–water partition coefficient (Wildman–Crippen LogP) is 2.43. The number of ether oxygens (including phenoxy) is 1. The van der Waals surface area contributed by atoms with E-state index in [1.807, 2.05) is 18.2 Å². The van der Waals surface area contributed by atoms with E-state index in [-0.39, 0.29) is 4.64 Å². The number of benzene rings is 1. The van der Waals surface area contributed by atoms with Crippen molar-refractivity contribution in [2.75, 3.05) is 7.11 Å². The molecule has 0 amide bonds. The molecule has 0 aliphatic rings. The highest BCUT2D eigenvalue weighted by Crippen LogP contribution is 2.45. The topological polar surface area (TPSA) is 9.23 Å². The van der Waals surface area contributed by atoms with Crippen molar-refractivity contribution in [3.8, 4) is 5.75 Å². The van der Waals surface area contributed by atoms with Gasteiger partial charge in [0.1, 0.15) is 5.75 Å². The van der Waals surface area contributed by atoms with E-state index in [1.54, 1.807) is 7.11 Å². The first-order valence-corrected chi connectivity index (χ1v) is 5.28. The minimum Gasteiger partial charge on any atom is -0.497 e. The molecule has 0 heterocycles. The summed E-state index contributed by atoms with van der Waals surface area (Å²) in [7, 11) is 9.91. The molecule has 0 fully saturated rings. The van der Waals surface area contributed by atoms with Crippen LogP contribution >= 0.6 is 27.7 Å². The third-order valence-electron chi connectivity index (χ3n) is 1.57. The average molecular weight is 218 g/mol. The second-order valence-electron chi connectivity index (χ2n) is 2.66. The van der Waals surface area contributed by atoms with E-state index in [4.69, 9.17) is 4.74 Å². The lowest BCUT2D eigenvalue weighted by Crippen LogP contribution is -1.97. The first-order chi connectivity index (χ1) is 5.54. The van der Waals surface area contributed by atoms with Crippen molar-refractivity contribution in [2.45, 2.75) is 4.64 Å². The van der Waals surface area contributed by atoms with Gasteiger partial charge in [-0.15, -0.1) is 27.7 Å². The minimum absolute atomic E-state index is 0.0471. The van der Waals surface area contributed by atoms with E-state index in [9.17, 15) is 0 Å². The summed E-state index contributed by atoms with van der Waals surface area (Å²) in [6.07, 6.45) is 0. The van der Waals surface area contributed by atoms with Crippen LogP contribution in [0.3, 0.4) is 0 Å². The summed E-state index contributed by atoms with van der Waals surface area (Å²) in [5, 5.41) is 0. The lowest BCUT2D eigenvalue weighted by molar-refractivity contribution is 0.414. The molecule has 4 heteroatoms. The quantitative estimate of drug-likeness (QED) is 0.692. The Kier molecular flexibility index (Phi) is 3.47. The van der Waals surface area contributed by atoms with Crippen LogP contribution in [-0.2, 0) is 4.64 Å². The number of rotatable bonds is 2. The van der Waals surface area contributed by atoms with Gasteiger partial charge < -0.3 is 4.74 Å². The van der Waals surface area contributed by atoms with Crippen LogP contribution in [0.15, 0.2) is 24.3 Å². The molecular formula is C8H13OP3. The summed E-state index contributed by atoms with van der Waals surface area (Å²) in [6.45, 7) is 0. The van der Waals surface area contributed by atoms with E-state index in [0.29, 0.717) is 0 Å². The third kappa shape index (κ3) is 2.67. The first kappa shape index (κ1) is 10.4. The van der Waals surface area contributed by atoms with Crippen molar-refractivity contribution < 1.29 is 4.74 Å². The molecule has 0 saturated heterocycles. The van der Waals surface area contributed by atoms with E-state index in [1.165, 1.54) is 5.56 Å². The molecule has 0 aromatic heterocycles. The molecule has 1 nitrogen and oxygen atoms in total. The van der Waals surface area contributed by atoms with Crippen molar-refractivity contribution in [3.63, 3.8) is 0 Å². The molecule has 12 heavy (non-hydrogen) atoms. The average Bonchev–Trinajstić information content (AvgIpc) is 2.03. The normalized spacial score (nSPS) is 11.3. The fourth-order valence-electron chi connectivity index (χ4n) is 0.892. The van der Waals surface area contributed by atoms with Gasteiger partial charge in [0.25, 0.3) is 0 Å². The first-order valence-electron chi connectivity index (χ1n) is 3.55. The highest BCUT2D eigenvalue weighted by Gasteiger charge is 2.13. The van der Waals surface area contributed by atoms with Crippen LogP contribution < -0.4 is 4.74 Å². The summed E-state index contributed by atoms with van der Waals surface area (Å²) in [4.78, 5) is 0. The summed E-state index contributed by atoms with van der Waals surface area (Å²) in [6, 6.07) is 8.01. The highest BCUT2D eigenvalue weighted by molar-refractivity contribution is 7.56. The van der Waals surface area contributed by atoms with Gasteiger partial charge in [-0.05, 0) is 17.7 Å². The van der Waals surface area contributed by atoms with Crippen LogP contribution in [-0.4, -0.2) is 7.11 Å². The summed E-state index contributed by atoms with van der Waals surface area (Å²) in [5.74, 6) is 0.893. The molecule has 0 N–H and O–H groups in total. The number of hydrogen-bond acceptors (Lipinski definition) is 1. The van der Waals surface area contributed by atoms with Gasteiger partial charge in [-0.2, -0.15) is 0 Å². The fraction of sp³-hybridized carbons (Fsp3) is 0.250. The minimum atomic E-state index is -0.0471. The Balaban J connectivity index is 3.02. The van der Waals surface area contributed by atoms with Crippen LogP contribution in [0, 0.1) is 0 Å².